The van der Waals surface area contributed by atoms with Crippen molar-refractivity contribution in [2.75, 3.05) is 26.9 Å². The monoisotopic (exact) mass is 474 g/mol. The van der Waals surface area contributed by atoms with Crippen molar-refractivity contribution < 1.29 is 18.7 Å². The first-order valence-corrected chi connectivity index (χ1v) is 11.8. The molecule has 35 heavy (non-hydrogen) atoms. The molecule has 7 nitrogen and oxygen atoms in total. The van der Waals surface area contributed by atoms with E-state index in [0.29, 0.717) is 6.61 Å². The molecular formula is C27H27FN4O3. The SMILES string of the molecule is COc1cc(C=C2CC3(CCO3)CN3C2=NOCC3c2ccc(F)cc2)ccc1-n1cnc(C)c1. The van der Waals surface area contributed by atoms with Crippen molar-refractivity contribution in [3.8, 4) is 11.4 Å². The molecule has 0 aliphatic carbocycles. The molecule has 2 unspecified atom stereocenters. The molecule has 8 heteroatoms. The van der Waals surface area contributed by atoms with Crippen LogP contribution in [0.2, 0.25) is 0 Å². The standard InChI is InChI=1S/C27H27FN4O3/c1-18-14-31(17-29-18)23-8-3-19(12-25(23)33-2)11-21-13-27(9-10-34-27)16-32-24(15-35-30-26(21)32)20-4-6-22(28)7-5-20/h3-8,11-12,14,17,24H,9-10,13,15-16H2,1-2H3. The van der Waals surface area contributed by atoms with Gasteiger partial charge >= 0.3 is 0 Å². The van der Waals surface area contributed by atoms with Crippen LogP contribution in [0.1, 0.15) is 35.7 Å². The maximum atomic E-state index is 13.6. The third kappa shape index (κ3) is 3.97. The predicted molar refractivity (Wildman–Crippen MR) is 130 cm³/mol. The number of fused-ring (bicyclic) bond motifs is 1. The topological polar surface area (TPSA) is 61.1 Å². The molecule has 2 fully saturated rings. The van der Waals surface area contributed by atoms with Crippen LogP contribution in [-0.4, -0.2) is 52.8 Å². The van der Waals surface area contributed by atoms with Gasteiger partial charge in [-0.15, -0.1) is 0 Å². The Morgan fingerprint density at radius 1 is 1.20 bits per heavy atom. The number of methoxy groups -OCH3 is 1. The third-order valence-electron chi connectivity index (χ3n) is 7.05. The van der Waals surface area contributed by atoms with Crippen LogP contribution in [0.25, 0.3) is 11.8 Å². The summed E-state index contributed by atoms with van der Waals surface area (Å²) in [5.41, 5.74) is 4.68. The van der Waals surface area contributed by atoms with Crippen molar-refractivity contribution in [2.24, 2.45) is 5.16 Å². The Balaban J connectivity index is 1.37. The highest BCUT2D eigenvalue weighted by Gasteiger charge is 2.49. The lowest BCUT2D eigenvalue weighted by molar-refractivity contribution is -0.163. The lowest BCUT2D eigenvalue weighted by atomic mass is 9.81. The molecule has 0 bridgehead atoms. The molecule has 2 aromatic carbocycles. The van der Waals surface area contributed by atoms with Gasteiger partial charge in [0.2, 0.25) is 0 Å². The fourth-order valence-electron chi connectivity index (χ4n) is 5.16. The van der Waals surface area contributed by atoms with Crippen molar-refractivity contribution in [1.29, 1.82) is 0 Å². The van der Waals surface area contributed by atoms with Crippen molar-refractivity contribution in [3.63, 3.8) is 0 Å². The summed E-state index contributed by atoms with van der Waals surface area (Å²) in [6, 6.07) is 12.7. The van der Waals surface area contributed by atoms with Gasteiger partial charge < -0.3 is 23.8 Å². The van der Waals surface area contributed by atoms with Gasteiger partial charge in [-0.3, -0.25) is 0 Å². The van der Waals surface area contributed by atoms with Gasteiger partial charge in [0.05, 0.1) is 43.1 Å². The number of imidazole rings is 1. The second-order valence-electron chi connectivity index (χ2n) is 9.39. The normalized spacial score (nSPS) is 24.5. The number of halogens is 1. The maximum absolute atomic E-state index is 13.6. The van der Waals surface area contributed by atoms with Gasteiger partial charge in [-0.2, -0.15) is 0 Å². The maximum Gasteiger partial charge on any atom is 0.172 e. The lowest BCUT2D eigenvalue weighted by Gasteiger charge is -2.52. The molecule has 0 amide bonds. The van der Waals surface area contributed by atoms with Crippen molar-refractivity contribution in [2.45, 2.75) is 31.4 Å². The Morgan fingerprint density at radius 3 is 2.71 bits per heavy atom. The van der Waals surface area contributed by atoms with Crippen LogP contribution in [0.15, 0.2) is 65.7 Å². The number of aromatic nitrogens is 2. The van der Waals surface area contributed by atoms with Crippen LogP contribution in [0.4, 0.5) is 4.39 Å². The number of rotatable bonds is 4. The molecule has 2 saturated heterocycles. The number of oxime groups is 1. The number of hydrogen-bond donors (Lipinski definition) is 0. The van der Waals surface area contributed by atoms with Gasteiger partial charge in [0.1, 0.15) is 18.2 Å². The summed E-state index contributed by atoms with van der Waals surface area (Å²) in [7, 11) is 1.67. The summed E-state index contributed by atoms with van der Waals surface area (Å²) in [5.74, 6) is 1.31. The van der Waals surface area contributed by atoms with Crippen LogP contribution in [0, 0.1) is 12.7 Å². The summed E-state index contributed by atoms with van der Waals surface area (Å²) in [5, 5.41) is 4.46. The second kappa shape index (κ2) is 8.53. The van der Waals surface area contributed by atoms with Gasteiger partial charge in [0.15, 0.2) is 5.84 Å². The molecule has 1 spiro atoms. The molecule has 4 heterocycles. The van der Waals surface area contributed by atoms with Gasteiger partial charge in [-0.25, -0.2) is 9.37 Å². The zero-order valence-electron chi connectivity index (χ0n) is 19.8. The molecule has 3 aliphatic heterocycles. The number of benzene rings is 2. The van der Waals surface area contributed by atoms with Crippen LogP contribution in [0.5, 0.6) is 5.75 Å². The molecular weight excluding hydrogens is 447 g/mol. The minimum atomic E-state index is -0.249. The first-order valence-electron chi connectivity index (χ1n) is 11.8. The van der Waals surface area contributed by atoms with E-state index in [2.05, 4.69) is 27.2 Å². The summed E-state index contributed by atoms with van der Waals surface area (Å²) < 4.78 is 27.4. The number of hydrogen-bond acceptors (Lipinski definition) is 6. The zero-order chi connectivity index (χ0) is 24.0. The van der Waals surface area contributed by atoms with E-state index < -0.39 is 0 Å². The minimum Gasteiger partial charge on any atom is -0.495 e. The van der Waals surface area contributed by atoms with Crippen molar-refractivity contribution in [3.05, 3.63) is 83.2 Å². The molecule has 0 N–H and O–H groups in total. The number of ether oxygens (including phenoxy) is 2. The van der Waals surface area contributed by atoms with Gasteiger partial charge in [0, 0.05) is 31.2 Å². The molecule has 180 valence electrons. The largest absolute Gasteiger partial charge is 0.495 e. The Morgan fingerprint density at radius 2 is 2.03 bits per heavy atom. The molecule has 2 atom stereocenters. The van der Waals surface area contributed by atoms with E-state index in [1.165, 1.54) is 12.1 Å². The van der Waals surface area contributed by atoms with E-state index in [1.54, 1.807) is 13.4 Å². The van der Waals surface area contributed by atoms with E-state index in [-0.39, 0.29) is 17.5 Å². The van der Waals surface area contributed by atoms with Crippen LogP contribution >= 0.6 is 0 Å². The highest BCUT2D eigenvalue weighted by molar-refractivity contribution is 6.03. The van der Waals surface area contributed by atoms with Gasteiger partial charge in [-0.05, 0) is 48.4 Å². The van der Waals surface area contributed by atoms with Crippen molar-refractivity contribution >= 4 is 11.9 Å². The first kappa shape index (κ1) is 21.9. The molecule has 0 saturated carbocycles. The first-order chi connectivity index (χ1) is 17.0. The molecule has 3 aliphatic rings. The Kier molecular flexibility index (Phi) is 5.33. The zero-order valence-corrected chi connectivity index (χ0v) is 19.8. The van der Waals surface area contributed by atoms with E-state index in [0.717, 1.165) is 65.7 Å². The average molecular weight is 475 g/mol. The number of amidine groups is 1. The van der Waals surface area contributed by atoms with Gasteiger partial charge in [-0.1, -0.05) is 23.4 Å². The van der Waals surface area contributed by atoms with E-state index in [4.69, 9.17) is 14.3 Å². The van der Waals surface area contributed by atoms with E-state index in [9.17, 15) is 4.39 Å². The Bertz CT molecular complexity index is 1310. The molecule has 3 aromatic rings. The Hall–Kier alpha value is -3.65. The summed E-state index contributed by atoms with van der Waals surface area (Å²) in [6.45, 7) is 3.86. The number of piperidine rings is 1. The highest BCUT2D eigenvalue weighted by atomic mass is 19.1. The third-order valence-corrected chi connectivity index (χ3v) is 7.05. The molecule has 6 rings (SSSR count). The van der Waals surface area contributed by atoms with Crippen molar-refractivity contribution in [1.82, 2.24) is 14.5 Å². The fraction of sp³-hybridized carbons (Fsp3) is 0.333. The second-order valence-corrected chi connectivity index (χ2v) is 9.39. The van der Waals surface area contributed by atoms with Crippen LogP contribution in [0.3, 0.4) is 0 Å². The summed E-state index contributed by atoms with van der Waals surface area (Å²) in [6.07, 6.45) is 7.64. The summed E-state index contributed by atoms with van der Waals surface area (Å²) in [4.78, 5) is 12.3. The lowest BCUT2D eigenvalue weighted by Crippen LogP contribution is -2.60. The summed E-state index contributed by atoms with van der Waals surface area (Å²) >= 11 is 0. The number of nitrogens with zero attached hydrogens (tertiary/aromatic N) is 4. The van der Waals surface area contributed by atoms with Crippen LogP contribution in [-0.2, 0) is 9.57 Å². The predicted octanol–water partition coefficient (Wildman–Crippen LogP) is 4.66. The molecule has 1 aromatic heterocycles. The fourth-order valence-corrected chi connectivity index (χ4v) is 5.16. The van der Waals surface area contributed by atoms with E-state index in [1.807, 2.05) is 42.0 Å². The highest BCUT2D eigenvalue weighted by Crippen LogP contribution is 2.43. The van der Waals surface area contributed by atoms with Crippen LogP contribution < -0.4 is 4.74 Å². The molecule has 0 radical (unpaired) electrons. The van der Waals surface area contributed by atoms with E-state index >= 15 is 0 Å². The van der Waals surface area contributed by atoms with Gasteiger partial charge in [0.25, 0.3) is 0 Å². The minimum absolute atomic E-state index is 0.0609. The average Bonchev–Trinajstić information content (AvgIpc) is 3.29. The Labute approximate surface area is 203 Å². The number of aryl methyl sites for hydroxylation is 1. The smallest absolute Gasteiger partial charge is 0.172 e. The quantitative estimate of drug-likeness (QED) is 0.550.